The van der Waals surface area contributed by atoms with E-state index in [1.54, 1.807) is 6.07 Å². The Labute approximate surface area is 214 Å². The van der Waals surface area contributed by atoms with E-state index in [1.807, 2.05) is 12.1 Å². The number of aryl methyl sites for hydroxylation is 1. The molecule has 0 aromatic heterocycles. The molecule has 0 bridgehead atoms. The highest BCUT2D eigenvalue weighted by molar-refractivity contribution is 7.90. The lowest BCUT2D eigenvalue weighted by atomic mass is 9.82. The fraction of sp³-hybridized carbons (Fsp3) is 0.500. The Bertz CT molecular complexity index is 1150. The van der Waals surface area contributed by atoms with Crippen molar-refractivity contribution in [1.29, 1.82) is 0 Å². The predicted octanol–water partition coefficient (Wildman–Crippen LogP) is 6.10. The van der Waals surface area contributed by atoms with E-state index in [1.165, 1.54) is 19.1 Å². The molecule has 0 amide bonds. The van der Waals surface area contributed by atoms with Gasteiger partial charge in [-0.15, -0.1) is 0 Å². The Kier molecular flexibility index (Phi) is 7.43. The number of sulfone groups is 1. The zero-order valence-electron chi connectivity index (χ0n) is 18.7. The van der Waals surface area contributed by atoms with E-state index in [4.69, 9.17) is 39.5 Å². The van der Waals surface area contributed by atoms with Crippen molar-refractivity contribution < 1.29 is 21.9 Å². The summed E-state index contributed by atoms with van der Waals surface area (Å²) in [6.07, 6.45) is 3.27. The maximum Gasteiger partial charge on any atom is 0.203 e. The van der Waals surface area contributed by atoms with E-state index in [0.717, 1.165) is 50.1 Å². The lowest BCUT2D eigenvalue weighted by Gasteiger charge is -2.45. The minimum absolute atomic E-state index is 0.176. The smallest absolute Gasteiger partial charge is 0.203 e. The van der Waals surface area contributed by atoms with E-state index >= 15 is 0 Å². The lowest BCUT2D eigenvalue weighted by molar-refractivity contribution is -0.0139. The van der Waals surface area contributed by atoms with Gasteiger partial charge in [-0.25, -0.2) is 17.2 Å². The lowest BCUT2D eigenvalue weighted by Crippen LogP contribution is -2.51. The third-order valence-electron chi connectivity index (χ3n) is 6.69. The van der Waals surface area contributed by atoms with Crippen molar-refractivity contribution in [2.75, 3.05) is 25.4 Å². The first kappa shape index (κ1) is 26.0. The number of likely N-dealkylation sites (tertiary alicyclic amines) is 1. The molecule has 2 heterocycles. The van der Waals surface area contributed by atoms with Crippen LogP contribution in [0.2, 0.25) is 0 Å². The molecule has 186 valence electrons. The Morgan fingerprint density at radius 3 is 2.26 bits per heavy atom. The van der Waals surface area contributed by atoms with Gasteiger partial charge in [-0.2, -0.15) is 0 Å². The summed E-state index contributed by atoms with van der Waals surface area (Å²) >= 11 is 17.8. The molecule has 4 nitrogen and oxygen atoms in total. The molecule has 2 aromatic carbocycles. The van der Waals surface area contributed by atoms with Gasteiger partial charge in [0.25, 0.3) is 0 Å². The number of rotatable bonds is 5. The second kappa shape index (κ2) is 9.74. The van der Waals surface area contributed by atoms with Gasteiger partial charge in [0.2, 0.25) is 3.79 Å². The van der Waals surface area contributed by atoms with Gasteiger partial charge in [0, 0.05) is 31.0 Å². The van der Waals surface area contributed by atoms with Crippen molar-refractivity contribution >= 4 is 44.6 Å². The maximum absolute atomic E-state index is 14.6. The molecular weight excluding hydrogens is 527 g/mol. The Morgan fingerprint density at radius 2 is 1.68 bits per heavy atom. The largest absolute Gasteiger partial charge is 0.487 e. The molecule has 2 aliphatic heterocycles. The summed E-state index contributed by atoms with van der Waals surface area (Å²) in [4.78, 5) is 2.12. The molecule has 1 fully saturated rings. The third-order valence-corrected chi connectivity index (χ3v) is 8.65. The summed E-state index contributed by atoms with van der Waals surface area (Å²) in [6.45, 7) is 3.38. The van der Waals surface area contributed by atoms with E-state index in [-0.39, 0.29) is 11.4 Å². The number of piperidine rings is 1. The van der Waals surface area contributed by atoms with Crippen molar-refractivity contribution in [3.8, 4) is 16.9 Å². The van der Waals surface area contributed by atoms with Crippen LogP contribution in [0.15, 0.2) is 30.3 Å². The molecule has 0 aliphatic carbocycles. The number of benzene rings is 2. The highest BCUT2D eigenvalue weighted by atomic mass is 35.6. The van der Waals surface area contributed by atoms with Crippen LogP contribution in [0.4, 0.5) is 8.78 Å². The van der Waals surface area contributed by atoms with Crippen molar-refractivity contribution in [3.63, 3.8) is 0 Å². The number of alkyl halides is 3. The molecule has 0 saturated carbocycles. The molecular formula is C24H26Cl3F2NO3S. The van der Waals surface area contributed by atoms with Gasteiger partial charge in [0.05, 0.1) is 5.75 Å². The highest BCUT2D eigenvalue weighted by Crippen LogP contribution is 2.41. The number of ether oxygens (including phenoxy) is 1. The molecule has 1 spiro atoms. The van der Waals surface area contributed by atoms with Crippen molar-refractivity contribution in [2.45, 2.75) is 47.8 Å². The molecule has 0 N–H and O–H groups in total. The van der Waals surface area contributed by atoms with Crippen LogP contribution < -0.4 is 4.74 Å². The van der Waals surface area contributed by atoms with Gasteiger partial charge in [0.15, 0.2) is 9.84 Å². The van der Waals surface area contributed by atoms with Crippen LogP contribution in [0.25, 0.3) is 11.1 Å². The van der Waals surface area contributed by atoms with Crippen molar-refractivity contribution in [1.82, 2.24) is 4.90 Å². The predicted molar refractivity (Wildman–Crippen MR) is 133 cm³/mol. The number of hydrogen-bond donors (Lipinski definition) is 0. The quantitative estimate of drug-likeness (QED) is 0.421. The Hall–Kier alpha value is -1.12. The highest BCUT2D eigenvalue weighted by Gasteiger charge is 2.40. The molecule has 0 unspecified atom stereocenters. The van der Waals surface area contributed by atoms with E-state index in [2.05, 4.69) is 4.90 Å². The maximum atomic E-state index is 14.6. The summed E-state index contributed by atoms with van der Waals surface area (Å²) in [6, 6.07) is 7.88. The van der Waals surface area contributed by atoms with Gasteiger partial charge < -0.3 is 4.74 Å². The minimum atomic E-state index is -3.55. The molecule has 0 radical (unpaired) electrons. The van der Waals surface area contributed by atoms with Crippen LogP contribution in [-0.4, -0.2) is 48.1 Å². The van der Waals surface area contributed by atoms with E-state index in [0.29, 0.717) is 17.7 Å². The van der Waals surface area contributed by atoms with E-state index < -0.39 is 36.6 Å². The number of hydrogen-bond acceptors (Lipinski definition) is 4. The second-order valence-corrected chi connectivity index (χ2v) is 14.0. The average Bonchev–Trinajstić information content (AvgIpc) is 2.77. The average molecular weight is 553 g/mol. The fourth-order valence-corrected chi connectivity index (χ4v) is 6.08. The van der Waals surface area contributed by atoms with E-state index in [9.17, 15) is 17.2 Å². The number of halogens is 5. The minimum Gasteiger partial charge on any atom is -0.487 e. The zero-order chi connectivity index (χ0) is 24.7. The summed E-state index contributed by atoms with van der Waals surface area (Å²) < 4.78 is 58.0. The van der Waals surface area contributed by atoms with Gasteiger partial charge in [-0.3, -0.25) is 4.90 Å². The van der Waals surface area contributed by atoms with Crippen LogP contribution in [-0.2, 0) is 22.0 Å². The normalized spacial score (nSPS) is 18.5. The van der Waals surface area contributed by atoms with Gasteiger partial charge in [-0.1, -0.05) is 47.8 Å². The van der Waals surface area contributed by atoms with Gasteiger partial charge in [0.1, 0.15) is 23.0 Å². The second-order valence-electron chi connectivity index (χ2n) is 9.09. The first-order valence-electron chi connectivity index (χ1n) is 11.2. The van der Waals surface area contributed by atoms with Gasteiger partial charge >= 0.3 is 0 Å². The SMILES string of the molecule is CCS(=O)(=O)Cc1c(F)cc(-c2ccc3c(c2)CCC2(CCN(CC(Cl)(Cl)Cl)CC2)O3)cc1F. The topological polar surface area (TPSA) is 46.6 Å². The van der Waals surface area contributed by atoms with Crippen LogP contribution in [0.3, 0.4) is 0 Å². The van der Waals surface area contributed by atoms with Crippen molar-refractivity contribution in [3.05, 3.63) is 53.1 Å². The van der Waals surface area contributed by atoms with Crippen LogP contribution in [0, 0.1) is 11.6 Å². The molecule has 2 aliphatic rings. The van der Waals surface area contributed by atoms with Crippen molar-refractivity contribution in [2.24, 2.45) is 0 Å². The summed E-state index contributed by atoms with van der Waals surface area (Å²) in [5.41, 5.74) is 1.30. The van der Waals surface area contributed by atoms with Crippen LogP contribution in [0.1, 0.15) is 37.3 Å². The van der Waals surface area contributed by atoms with Crippen LogP contribution in [0.5, 0.6) is 5.75 Å². The first-order chi connectivity index (χ1) is 15.9. The first-order valence-corrected chi connectivity index (χ1v) is 14.1. The standard InChI is InChI=1S/C24H26Cl3F2NO3S/c1-2-34(31,32)14-19-20(28)12-18(13-21(19)29)16-3-4-22-17(11-16)5-6-23(33-22)7-9-30(10-8-23)15-24(25,26)27/h3-4,11-13H,2,5-10,14-15H2,1H3. The molecule has 10 heteroatoms. The molecule has 1 saturated heterocycles. The third kappa shape index (κ3) is 5.98. The molecule has 4 rings (SSSR count). The number of nitrogens with zero attached hydrogens (tertiary/aromatic N) is 1. The molecule has 0 atom stereocenters. The Balaban J connectivity index is 1.50. The summed E-state index contributed by atoms with van der Waals surface area (Å²) in [5.74, 6) is -1.77. The zero-order valence-corrected chi connectivity index (χ0v) is 21.8. The van der Waals surface area contributed by atoms with Crippen LogP contribution >= 0.6 is 34.8 Å². The molecule has 34 heavy (non-hydrogen) atoms. The molecule has 2 aromatic rings. The summed E-state index contributed by atoms with van der Waals surface area (Å²) in [7, 11) is -3.55. The fourth-order valence-electron chi connectivity index (χ4n) is 4.65. The Morgan fingerprint density at radius 1 is 1.03 bits per heavy atom. The monoisotopic (exact) mass is 551 g/mol. The summed E-state index contributed by atoms with van der Waals surface area (Å²) in [5, 5.41) is 0. The van der Waals surface area contributed by atoms with Gasteiger partial charge in [-0.05, 0) is 66.6 Å². The number of fused-ring (bicyclic) bond motifs is 1.